The van der Waals surface area contributed by atoms with Gasteiger partial charge in [-0.25, -0.2) is 9.78 Å². The molecule has 2 aromatic heterocycles. The van der Waals surface area contributed by atoms with Gasteiger partial charge in [-0.05, 0) is 32.3 Å². The number of benzene rings is 1. The summed E-state index contributed by atoms with van der Waals surface area (Å²) in [5, 5.41) is 5.15. The van der Waals surface area contributed by atoms with Crippen LogP contribution in [0.15, 0.2) is 48.8 Å². The SMILES string of the molecule is Cc1nc(-c2ccccc2)sc1C(=O)O[C@@H]1CCC[C@H]1n1cccn1. The molecule has 0 spiro atoms. The average molecular weight is 353 g/mol. The molecule has 2 heterocycles. The van der Waals surface area contributed by atoms with Gasteiger partial charge >= 0.3 is 5.97 Å². The highest BCUT2D eigenvalue weighted by atomic mass is 32.1. The third-order valence-corrected chi connectivity index (χ3v) is 5.73. The molecule has 1 fully saturated rings. The Hall–Kier alpha value is -2.47. The molecule has 1 aliphatic carbocycles. The van der Waals surface area contributed by atoms with E-state index in [0.717, 1.165) is 35.5 Å². The first-order valence-corrected chi connectivity index (χ1v) is 9.27. The van der Waals surface area contributed by atoms with Crippen LogP contribution in [0.1, 0.15) is 40.7 Å². The molecule has 0 radical (unpaired) electrons. The number of carbonyl (C=O) groups is 1. The lowest BCUT2D eigenvalue weighted by atomic mass is 10.2. The number of carbonyl (C=O) groups excluding carboxylic acids is 1. The zero-order valence-corrected chi connectivity index (χ0v) is 14.8. The zero-order valence-electron chi connectivity index (χ0n) is 14.0. The van der Waals surface area contributed by atoms with Crippen molar-refractivity contribution >= 4 is 17.3 Å². The Kier molecular flexibility index (Phi) is 4.36. The minimum Gasteiger partial charge on any atom is -0.456 e. The molecule has 0 aliphatic heterocycles. The maximum absolute atomic E-state index is 12.7. The number of ether oxygens (including phenoxy) is 1. The van der Waals surface area contributed by atoms with Gasteiger partial charge in [-0.2, -0.15) is 5.10 Å². The second-order valence-corrected chi connectivity index (χ2v) is 7.23. The highest BCUT2D eigenvalue weighted by Crippen LogP contribution is 2.34. The molecule has 0 amide bonds. The van der Waals surface area contributed by atoms with Crippen LogP contribution in [0.4, 0.5) is 0 Å². The molecule has 4 rings (SSSR count). The van der Waals surface area contributed by atoms with Gasteiger partial charge in [-0.15, -0.1) is 11.3 Å². The summed E-state index contributed by atoms with van der Waals surface area (Å²) in [5.74, 6) is -0.277. The summed E-state index contributed by atoms with van der Waals surface area (Å²) in [7, 11) is 0. The summed E-state index contributed by atoms with van der Waals surface area (Å²) >= 11 is 1.39. The largest absolute Gasteiger partial charge is 0.456 e. The third kappa shape index (κ3) is 3.22. The minimum atomic E-state index is -0.277. The maximum atomic E-state index is 12.7. The van der Waals surface area contributed by atoms with E-state index in [-0.39, 0.29) is 18.1 Å². The summed E-state index contributed by atoms with van der Waals surface area (Å²) in [6, 6.07) is 11.9. The molecule has 5 nitrogen and oxygen atoms in total. The molecule has 128 valence electrons. The van der Waals surface area contributed by atoms with Gasteiger partial charge in [0.15, 0.2) is 0 Å². The second-order valence-electron chi connectivity index (χ2n) is 6.23. The molecular weight excluding hydrogens is 334 g/mol. The lowest BCUT2D eigenvalue weighted by Crippen LogP contribution is -2.25. The maximum Gasteiger partial charge on any atom is 0.350 e. The number of rotatable bonds is 4. The summed E-state index contributed by atoms with van der Waals surface area (Å²) in [4.78, 5) is 17.8. The van der Waals surface area contributed by atoms with Crippen molar-refractivity contribution in [2.75, 3.05) is 0 Å². The molecule has 0 bridgehead atoms. The molecule has 0 unspecified atom stereocenters. The molecule has 1 aromatic carbocycles. The molecule has 6 heteroatoms. The number of aryl methyl sites for hydroxylation is 1. The molecule has 1 aliphatic rings. The van der Waals surface area contributed by atoms with E-state index >= 15 is 0 Å². The van der Waals surface area contributed by atoms with Crippen LogP contribution in [-0.4, -0.2) is 26.8 Å². The minimum absolute atomic E-state index is 0.126. The molecule has 0 N–H and O–H groups in total. The van der Waals surface area contributed by atoms with E-state index in [1.54, 1.807) is 6.20 Å². The summed E-state index contributed by atoms with van der Waals surface area (Å²) in [5.41, 5.74) is 1.74. The predicted molar refractivity (Wildman–Crippen MR) is 96.6 cm³/mol. The average Bonchev–Trinajstić information content (AvgIpc) is 3.35. The van der Waals surface area contributed by atoms with Crippen molar-refractivity contribution in [3.8, 4) is 10.6 Å². The van der Waals surface area contributed by atoms with Gasteiger partial charge in [0.25, 0.3) is 0 Å². The first-order chi connectivity index (χ1) is 12.2. The monoisotopic (exact) mass is 353 g/mol. The van der Waals surface area contributed by atoms with Crippen LogP contribution in [0.3, 0.4) is 0 Å². The number of thiazole rings is 1. The number of esters is 1. The third-order valence-electron chi connectivity index (χ3n) is 4.54. The lowest BCUT2D eigenvalue weighted by Gasteiger charge is -2.20. The van der Waals surface area contributed by atoms with Gasteiger partial charge in [-0.1, -0.05) is 30.3 Å². The smallest absolute Gasteiger partial charge is 0.350 e. The fraction of sp³-hybridized carbons (Fsp3) is 0.316. The van der Waals surface area contributed by atoms with Crippen LogP contribution in [0.5, 0.6) is 0 Å². The van der Waals surface area contributed by atoms with E-state index in [4.69, 9.17) is 4.74 Å². The van der Waals surface area contributed by atoms with E-state index in [9.17, 15) is 4.79 Å². The van der Waals surface area contributed by atoms with Crippen molar-refractivity contribution < 1.29 is 9.53 Å². The van der Waals surface area contributed by atoms with E-state index < -0.39 is 0 Å². The predicted octanol–water partition coefficient (Wildman–Crippen LogP) is 4.27. The lowest BCUT2D eigenvalue weighted by molar-refractivity contribution is 0.0214. The fourth-order valence-electron chi connectivity index (χ4n) is 3.30. The Morgan fingerprint density at radius 3 is 2.84 bits per heavy atom. The van der Waals surface area contributed by atoms with E-state index in [1.807, 2.05) is 54.2 Å². The standard InChI is InChI=1S/C19H19N3O2S/c1-13-17(25-18(21-13)14-7-3-2-4-8-14)19(23)24-16-10-5-9-15(16)22-12-6-11-20-22/h2-4,6-8,11-12,15-16H,5,9-10H2,1H3/t15-,16-/m1/s1. The van der Waals surface area contributed by atoms with Crippen LogP contribution in [-0.2, 0) is 4.74 Å². The Labute approximate surface area is 150 Å². The number of hydrogen-bond donors (Lipinski definition) is 0. The van der Waals surface area contributed by atoms with Crippen molar-refractivity contribution in [2.45, 2.75) is 38.3 Å². The topological polar surface area (TPSA) is 57.0 Å². The molecule has 3 aromatic rings. The Bertz CT molecular complexity index is 858. The van der Waals surface area contributed by atoms with Gasteiger partial charge in [-0.3, -0.25) is 4.68 Å². The van der Waals surface area contributed by atoms with Gasteiger partial charge in [0.2, 0.25) is 0 Å². The quantitative estimate of drug-likeness (QED) is 0.658. The van der Waals surface area contributed by atoms with Crippen molar-refractivity contribution in [3.05, 3.63) is 59.4 Å². The normalized spacial score (nSPS) is 19.9. The first-order valence-electron chi connectivity index (χ1n) is 8.45. The molecule has 25 heavy (non-hydrogen) atoms. The molecule has 1 saturated carbocycles. The Morgan fingerprint density at radius 2 is 2.08 bits per heavy atom. The first kappa shape index (κ1) is 16.0. The Balaban J connectivity index is 1.52. The molecule has 0 saturated heterocycles. The fourth-order valence-corrected chi connectivity index (χ4v) is 4.26. The van der Waals surface area contributed by atoms with Crippen LogP contribution in [0.25, 0.3) is 10.6 Å². The number of aromatic nitrogens is 3. The highest BCUT2D eigenvalue weighted by molar-refractivity contribution is 7.17. The van der Waals surface area contributed by atoms with Gasteiger partial charge < -0.3 is 4.74 Å². The van der Waals surface area contributed by atoms with E-state index in [2.05, 4.69) is 10.1 Å². The number of nitrogens with zero attached hydrogens (tertiary/aromatic N) is 3. The van der Waals surface area contributed by atoms with Gasteiger partial charge in [0, 0.05) is 18.0 Å². The van der Waals surface area contributed by atoms with Crippen molar-refractivity contribution in [1.29, 1.82) is 0 Å². The van der Waals surface area contributed by atoms with Crippen molar-refractivity contribution in [3.63, 3.8) is 0 Å². The summed E-state index contributed by atoms with van der Waals surface area (Å²) in [6.45, 7) is 1.86. The molecular formula is C19H19N3O2S. The van der Waals surface area contributed by atoms with Crippen LogP contribution >= 0.6 is 11.3 Å². The van der Waals surface area contributed by atoms with Crippen LogP contribution < -0.4 is 0 Å². The highest BCUT2D eigenvalue weighted by Gasteiger charge is 2.33. The van der Waals surface area contributed by atoms with Crippen LogP contribution in [0, 0.1) is 6.92 Å². The summed E-state index contributed by atoms with van der Waals surface area (Å²) in [6.07, 6.45) is 6.46. The van der Waals surface area contributed by atoms with Crippen molar-refractivity contribution in [2.24, 2.45) is 0 Å². The zero-order chi connectivity index (χ0) is 17.2. The summed E-state index contributed by atoms with van der Waals surface area (Å²) < 4.78 is 7.74. The number of hydrogen-bond acceptors (Lipinski definition) is 5. The van der Waals surface area contributed by atoms with Crippen molar-refractivity contribution in [1.82, 2.24) is 14.8 Å². The van der Waals surface area contributed by atoms with E-state index in [0.29, 0.717) is 4.88 Å². The van der Waals surface area contributed by atoms with Gasteiger partial charge in [0.1, 0.15) is 16.0 Å². The Morgan fingerprint density at radius 1 is 1.24 bits per heavy atom. The molecule has 2 atom stereocenters. The van der Waals surface area contributed by atoms with E-state index in [1.165, 1.54) is 11.3 Å². The second kappa shape index (κ2) is 6.80. The van der Waals surface area contributed by atoms with Crippen LogP contribution in [0.2, 0.25) is 0 Å². The van der Waals surface area contributed by atoms with Gasteiger partial charge in [0.05, 0.1) is 11.7 Å².